The van der Waals surface area contributed by atoms with Crippen LogP contribution in [0.3, 0.4) is 0 Å². The topological polar surface area (TPSA) is 78.9 Å². The first-order valence-corrected chi connectivity index (χ1v) is 36.3. The molecule has 82 heavy (non-hydrogen) atoms. The van der Waals surface area contributed by atoms with E-state index in [0.717, 1.165) is 83.5 Å². The molecule has 0 aliphatic rings. The van der Waals surface area contributed by atoms with Gasteiger partial charge in [0.2, 0.25) is 0 Å². The Kier molecular flexibility index (Phi) is 68.1. The van der Waals surface area contributed by atoms with Gasteiger partial charge >= 0.3 is 17.9 Å². The molecule has 6 nitrogen and oxygen atoms in total. The fraction of sp³-hybridized carbons (Fsp3) is 0.829. The van der Waals surface area contributed by atoms with Crippen LogP contribution in [-0.2, 0) is 28.6 Å². The van der Waals surface area contributed by atoms with Crippen LogP contribution in [0.2, 0.25) is 0 Å². The van der Waals surface area contributed by atoms with Gasteiger partial charge in [-0.05, 0) is 89.9 Å². The molecule has 0 aliphatic carbocycles. The summed E-state index contributed by atoms with van der Waals surface area (Å²) in [5.41, 5.74) is 0. The van der Waals surface area contributed by atoms with Crippen LogP contribution in [0.25, 0.3) is 0 Å². The van der Waals surface area contributed by atoms with Gasteiger partial charge in [-0.2, -0.15) is 0 Å². The Morgan fingerprint density at radius 1 is 0.244 bits per heavy atom. The quantitative estimate of drug-likeness (QED) is 0.0261. The van der Waals surface area contributed by atoms with Crippen LogP contribution in [0.1, 0.15) is 387 Å². The number of allylic oxidation sites excluding steroid dienone is 10. The lowest BCUT2D eigenvalue weighted by molar-refractivity contribution is -0.167. The minimum Gasteiger partial charge on any atom is -0.462 e. The second kappa shape index (κ2) is 70.6. The van der Waals surface area contributed by atoms with Gasteiger partial charge in [0.25, 0.3) is 0 Å². The number of ether oxygens (including phenoxy) is 3. The maximum atomic E-state index is 12.9. The van der Waals surface area contributed by atoms with E-state index in [1.165, 1.54) is 263 Å². The summed E-state index contributed by atoms with van der Waals surface area (Å²) in [6.45, 7) is 6.65. The van der Waals surface area contributed by atoms with Crippen LogP contribution in [-0.4, -0.2) is 37.2 Å². The first-order valence-electron chi connectivity index (χ1n) is 36.3. The summed E-state index contributed by atoms with van der Waals surface area (Å²) in [7, 11) is 0. The molecule has 6 heteroatoms. The average molecular weight is 1150 g/mol. The van der Waals surface area contributed by atoms with Crippen molar-refractivity contribution in [2.24, 2.45) is 0 Å². The Balaban J connectivity index is 4.10. The zero-order valence-electron chi connectivity index (χ0n) is 55.0. The molecule has 0 amide bonds. The number of esters is 3. The number of hydrogen-bond donors (Lipinski definition) is 0. The molecule has 1 unspecified atom stereocenters. The van der Waals surface area contributed by atoms with Crippen LogP contribution in [0, 0.1) is 0 Å². The Labute approximate surface area is 510 Å². The molecule has 0 aromatic heterocycles. The minimum absolute atomic E-state index is 0.0747. The van der Waals surface area contributed by atoms with Crippen molar-refractivity contribution >= 4 is 17.9 Å². The van der Waals surface area contributed by atoms with E-state index in [-0.39, 0.29) is 31.1 Å². The van der Waals surface area contributed by atoms with E-state index in [2.05, 4.69) is 81.5 Å². The van der Waals surface area contributed by atoms with Crippen LogP contribution in [0.4, 0.5) is 0 Å². The van der Waals surface area contributed by atoms with Gasteiger partial charge in [-0.1, -0.05) is 338 Å². The number of rotatable bonds is 67. The number of hydrogen-bond acceptors (Lipinski definition) is 6. The number of carbonyl (C=O) groups excluding carboxylic acids is 3. The number of unbranched alkanes of at least 4 members (excludes halogenated alkanes) is 46. The van der Waals surface area contributed by atoms with E-state index < -0.39 is 6.10 Å². The molecular formula is C76H138O6. The summed E-state index contributed by atoms with van der Waals surface area (Å²) >= 11 is 0. The predicted molar refractivity (Wildman–Crippen MR) is 358 cm³/mol. The maximum Gasteiger partial charge on any atom is 0.306 e. The second-order valence-corrected chi connectivity index (χ2v) is 24.5. The van der Waals surface area contributed by atoms with Crippen LogP contribution in [0.15, 0.2) is 60.8 Å². The molecule has 1 atom stereocenters. The van der Waals surface area contributed by atoms with Gasteiger partial charge in [-0.15, -0.1) is 0 Å². The molecule has 0 bridgehead atoms. The van der Waals surface area contributed by atoms with E-state index >= 15 is 0 Å². The fourth-order valence-electron chi connectivity index (χ4n) is 10.8. The zero-order valence-corrected chi connectivity index (χ0v) is 55.0. The lowest BCUT2D eigenvalue weighted by Gasteiger charge is -2.18. The molecule has 0 saturated carbocycles. The molecule has 478 valence electrons. The smallest absolute Gasteiger partial charge is 0.306 e. The van der Waals surface area contributed by atoms with E-state index in [9.17, 15) is 14.4 Å². The third-order valence-corrected chi connectivity index (χ3v) is 16.2. The van der Waals surface area contributed by atoms with Crippen molar-refractivity contribution in [2.75, 3.05) is 13.2 Å². The van der Waals surface area contributed by atoms with E-state index in [0.29, 0.717) is 19.3 Å². The highest BCUT2D eigenvalue weighted by molar-refractivity contribution is 5.71. The highest BCUT2D eigenvalue weighted by Crippen LogP contribution is 2.18. The molecule has 0 rings (SSSR count). The SMILES string of the molecule is CCCCCCC/C=C\C/C=C\C/C=C\CCCCCCCCC(=O)OC(COC(=O)CCCCCCCCCCCC)COC(=O)CCCCCCCCCCCCCCCCCCCCCCC/C=C\C/C=C\CCCCCCC. The molecule has 0 spiro atoms. The summed E-state index contributed by atoms with van der Waals surface area (Å²) in [6, 6.07) is 0. The van der Waals surface area contributed by atoms with Crippen molar-refractivity contribution in [1.29, 1.82) is 0 Å². The van der Waals surface area contributed by atoms with Crippen LogP contribution in [0.5, 0.6) is 0 Å². The molecule has 0 aromatic rings. The molecule has 0 fully saturated rings. The Morgan fingerprint density at radius 2 is 0.439 bits per heavy atom. The molecule has 0 heterocycles. The van der Waals surface area contributed by atoms with Crippen molar-refractivity contribution in [1.82, 2.24) is 0 Å². The first kappa shape index (κ1) is 79.1. The molecule has 0 N–H and O–H groups in total. The largest absolute Gasteiger partial charge is 0.462 e. The van der Waals surface area contributed by atoms with Gasteiger partial charge in [-0.3, -0.25) is 14.4 Å². The van der Waals surface area contributed by atoms with E-state index in [4.69, 9.17) is 14.2 Å². The van der Waals surface area contributed by atoms with Crippen molar-refractivity contribution in [3.8, 4) is 0 Å². The van der Waals surface area contributed by atoms with Crippen molar-refractivity contribution in [3.63, 3.8) is 0 Å². The highest BCUT2D eigenvalue weighted by atomic mass is 16.6. The lowest BCUT2D eigenvalue weighted by Crippen LogP contribution is -2.30. The van der Waals surface area contributed by atoms with Crippen molar-refractivity contribution < 1.29 is 28.6 Å². The average Bonchev–Trinajstić information content (AvgIpc) is 3.47. The molecule has 0 saturated heterocycles. The summed E-state index contributed by atoms with van der Waals surface area (Å²) < 4.78 is 16.9. The molecule has 0 aliphatic heterocycles. The third kappa shape index (κ3) is 67.9. The molecule has 0 radical (unpaired) electrons. The van der Waals surface area contributed by atoms with Crippen LogP contribution >= 0.6 is 0 Å². The molecular weight excluding hydrogens is 1010 g/mol. The summed E-state index contributed by atoms with van der Waals surface area (Å²) in [5.74, 6) is -0.866. The fourth-order valence-corrected chi connectivity index (χ4v) is 10.8. The molecule has 0 aromatic carbocycles. The van der Waals surface area contributed by atoms with Crippen molar-refractivity contribution in [2.45, 2.75) is 393 Å². The summed E-state index contributed by atoms with van der Waals surface area (Å²) in [5, 5.41) is 0. The minimum atomic E-state index is -0.779. The van der Waals surface area contributed by atoms with Gasteiger partial charge < -0.3 is 14.2 Å². The van der Waals surface area contributed by atoms with Gasteiger partial charge in [0.1, 0.15) is 13.2 Å². The van der Waals surface area contributed by atoms with E-state index in [1.807, 2.05) is 0 Å². The lowest BCUT2D eigenvalue weighted by atomic mass is 10.0. The first-order chi connectivity index (χ1) is 40.5. The van der Waals surface area contributed by atoms with Gasteiger partial charge in [0, 0.05) is 19.3 Å². The van der Waals surface area contributed by atoms with Gasteiger partial charge in [0.15, 0.2) is 6.10 Å². The van der Waals surface area contributed by atoms with Gasteiger partial charge in [-0.25, -0.2) is 0 Å². The second-order valence-electron chi connectivity index (χ2n) is 24.5. The Bertz CT molecular complexity index is 1460. The highest BCUT2D eigenvalue weighted by Gasteiger charge is 2.19. The number of carbonyl (C=O) groups is 3. The Morgan fingerprint density at radius 3 is 0.683 bits per heavy atom. The summed E-state index contributed by atoms with van der Waals surface area (Å²) in [4.78, 5) is 38.3. The standard InChI is InChI=1S/C76H138O6/c1-4-7-10-13-16-19-22-24-26-28-30-32-33-34-35-36-37-38-39-40-41-42-43-45-46-48-50-52-54-57-60-63-66-69-75(78)81-72-73(71-80-74(77)68-65-62-59-56-21-18-15-12-9-6-3)82-76(79)70-67-64-61-58-55-53-51-49-47-44-31-29-27-25-23-20-17-14-11-8-5-2/h22-25,28-31,47,49,73H,4-21,26-27,32-46,48,50-72H2,1-3H3/b24-22-,25-23-,30-28-,31-29-,49-47-. The Hall–Kier alpha value is -2.89. The zero-order chi connectivity index (χ0) is 59.2. The van der Waals surface area contributed by atoms with Crippen LogP contribution < -0.4 is 0 Å². The van der Waals surface area contributed by atoms with Gasteiger partial charge in [0.05, 0.1) is 0 Å². The summed E-state index contributed by atoms with van der Waals surface area (Å²) in [6.07, 6.45) is 91.3. The normalized spacial score (nSPS) is 12.4. The van der Waals surface area contributed by atoms with E-state index in [1.54, 1.807) is 0 Å². The predicted octanol–water partition coefficient (Wildman–Crippen LogP) is 25.1. The maximum absolute atomic E-state index is 12.9. The monoisotopic (exact) mass is 1150 g/mol. The third-order valence-electron chi connectivity index (χ3n) is 16.2. The van der Waals surface area contributed by atoms with Crippen molar-refractivity contribution in [3.05, 3.63) is 60.8 Å².